The van der Waals surface area contributed by atoms with Gasteiger partial charge in [-0.05, 0) is 12.1 Å². The minimum absolute atomic E-state index is 0.191. The zero-order valence-electron chi connectivity index (χ0n) is 10.7. The number of amides is 3. The van der Waals surface area contributed by atoms with Crippen LogP contribution in [0.1, 0.15) is 27.1 Å². The van der Waals surface area contributed by atoms with Crippen molar-refractivity contribution >= 4 is 23.7 Å². The van der Waals surface area contributed by atoms with Crippen LogP contribution in [0.4, 0.5) is 0 Å². The van der Waals surface area contributed by atoms with Crippen LogP contribution in [-0.4, -0.2) is 41.7 Å². The lowest BCUT2D eigenvalue weighted by molar-refractivity contribution is -0.146. The summed E-state index contributed by atoms with van der Waals surface area (Å²) in [5.74, 6) is -2.94. The van der Waals surface area contributed by atoms with E-state index < -0.39 is 36.2 Å². The maximum Gasteiger partial charge on any atom is 0.329 e. The molecule has 1 aliphatic rings. The van der Waals surface area contributed by atoms with E-state index in [1.54, 1.807) is 12.1 Å². The molecule has 0 unspecified atom stereocenters. The van der Waals surface area contributed by atoms with Crippen LogP contribution in [0.15, 0.2) is 24.3 Å². The van der Waals surface area contributed by atoms with Gasteiger partial charge in [-0.2, -0.15) is 0 Å². The molecular weight excluding hydrogens is 264 g/mol. The van der Waals surface area contributed by atoms with Gasteiger partial charge in [0.15, 0.2) is 0 Å². The van der Waals surface area contributed by atoms with E-state index in [0.29, 0.717) is 0 Å². The number of nitrogens with two attached hydrogens (primary N) is 1. The average Bonchev–Trinajstić information content (AvgIpc) is 2.68. The first-order valence-corrected chi connectivity index (χ1v) is 5.80. The third-order valence-electron chi connectivity index (χ3n) is 3.00. The lowest BCUT2D eigenvalue weighted by Gasteiger charge is -2.22. The number of ether oxygens (including phenoxy) is 1. The van der Waals surface area contributed by atoms with Gasteiger partial charge in [0.2, 0.25) is 5.91 Å². The number of imide groups is 1. The molecule has 1 aliphatic heterocycles. The highest BCUT2D eigenvalue weighted by atomic mass is 16.5. The number of esters is 1. The Bertz CT molecular complexity index is 576. The Balaban J connectivity index is 2.41. The summed E-state index contributed by atoms with van der Waals surface area (Å²) in [6.45, 7) is 0. The predicted octanol–water partition coefficient (Wildman–Crippen LogP) is -0.300. The Morgan fingerprint density at radius 3 is 2.10 bits per heavy atom. The van der Waals surface area contributed by atoms with Crippen molar-refractivity contribution in [3.63, 3.8) is 0 Å². The van der Waals surface area contributed by atoms with Crippen LogP contribution >= 0.6 is 0 Å². The number of hydrogen-bond acceptors (Lipinski definition) is 5. The highest BCUT2D eigenvalue weighted by Gasteiger charge is 2.43. The van der Waals surface area contributed by atoms with Gasteiger partial charge in [-0.25, -0.2) is 4.79 Å². The molecule has 0 fully saturated rings. The fraction of sp³-hybridized carbons (Fsp3) is 0.231. The third-order valence-corrected chi connectivity index (χ3v) is 3.00. The smallest absolute Gasteiger partial charge is 0.329 e. The SMILES string of the molecule is COC(=O)[C@H](CC(N)=O)N1C(=O)c2ccccc2C1=O. The molecule has 7 nitrogen and oxygen atoms in total. The number of methoxy groups -OCH3 is 1. The number of rotatable bonds is 4. The Kier molecular flexibility index (Phi) is 3.51. The molecule has 1 aromatic rings. The number of carbonyl (C=O) groups excluding carboxylic acids is 4. The Hall–Kier alpha value is -2.70. The van der Waals surface area contributed by atoms with E-state index in [-0.39, 0.29) is 11.1 Å². The molecule has 0 saturated carbocycles. The molecular formula is C13H12N2O5. The molecule has 1 aromatic carbocycles. The minimum Gasteiger partial charge on any atom is -0.467 e. The number of hydrogen-bond donors (Lipinski definition) is 1. The second kappa shape index (κ2) is 5.12. The van der Waals surface area contributed by atoms with E-state index >= 15 is 0 Å². The number of benzene rings is 1. The first kappa shape index (κ1) is 13.7. The fourth-order valence-electron chi connectivity index (χ4n) is 2.10. The molecule has 1 atom stereocenters. The van der Waals surface area contributed by atoms with E-state index in [2.05, 4.69) is 4.74 Å². The van der Waals surface area contributed by atoms with E-state index in [9.17, 15) is 19.2 Å². The topological polar surface area (TPSA) is 107 Å². The number of primary amides is 1. The normalized spacial score (nSPS) is 14.9. The van der Waals surface area contributed by atoms with Gasteiger partial charge in [-0.1, -0.05) is 12.1 Å². The first-order chi connectivity index (χ1) is 9.47. The summed E-state index contributed by atoms with van der Waals surface area (Å²) in [6.07, 6.45) is -0.474. The van der Waals surface area contributed by atoms with Gasteiger partial charge in [0.1, 0.15) is 6.04 Å². The average molecular weight is 276 g/mol. The molecule has 0 aliphatic carbocycles. The summed E-state index contributed by atoms with van der Waals surface area (Å²) in [4.78, 5) is 47.9. The summed E-state index contributed by atoms with van der Waals surface area (Å²) < 4.78 is 4.53. The zero-order valence-corrected chi connectivity index (χ0v) is 10.7. The van der Waals surface area contributed by atoms with Gasteiger partial charge in [0, 0.05) is 0 Å². The van der Waals surface area contributed by atoms with E-state index in [1.807, 2.05) is 0 Å². The predicted molar refractivity (Wildman–Crippen MR) is 66.6 cm³/mol. The van der Waals surface area contributed by atoms with Crippen LogP contribution in [0.5, 0.6) is 0 Å². The number of fused-ring (bicyclic) bond motifs is 1. The molecule has 1 heterocycles. The summed E-state index contributed by atoms with van der Waals surface area (Å²) in [5.41, 5.74) is 5.43. The van der Waals surface area contributed by atoms with Crippen molar-refractivity contribution in [2.24, 2.45) is 5.73 Å². The van der Waals surface area contributed by atoms with Crippen molar-refractivity contribution in [2.45, 2.75) is 12.5 Å². The van der Waals surface area contributed by atoms with Gasteiger partial charge < -0.3 is 10.5 Å². The summed E-state index contributed by atoms with van der Waals surface area (Å²) in [7, 11) is 1.11. The summed E-state index contributed by atoms with van der Waals surface area (Å²) in [6, 6.07) is 4.83. The van der Waals surface area contributed by atoms with Crippen molar-refractivity contribution in [3.8, 4) is 0 Å². The highest BCUT2D eigenvalue weighted by Crippen LogP contribution is 2.25. The molecule has 3 amide bonds. The molecule has 7 heteroatoms. The van der Waals surface area contributed by atoms with Crippen LogP contribution in [0, 0.1) is 0 Å². The lowest BCUT2D eigenvalue weighted by atomic mass is 10.1. The summed E-state index contributed by atoms with van der Waals surface area (Å²) >= 11 is 0. The van der Waals surface area contributed by atoms with Gasteiger partial charge in [0.25, 0.3) is 11.8 Å². The Morgan fingerprint density at radius 2 is 1.70 bits per heavy atom. The molecule has 0 spiro atoms. The van der Waals surface area contributed by atoms with E-state index in [1.165, 1.54) is 12.1 Å². The van der Waals surface area contributed by atoms with Gasteiger partial charge in [0.05, 0.1) is 24.7 Å². The Morgan fingerprint density at radius 1 is 1.20 bits per heavy atom. The van der Waals surface area contributed by atoms with Crippen molar-refractivity contribution in [2.75, 3.05) is 7.11 Å². The highest BCUT2D eigenvalue weighted by molar-refractivity contribution is 6.22. The van der Waals surface area contributed by atoms with E-state index in [0.717, 1.165) is 12.0 Å². The van der Waals surface area contributed by atoms with Crippen LogP contribution in [0.3, 0.4) is 0 Å². The van der Waals surface area contributed by atoms with Gasteiger partial charge >= 0.3 is 5.97 Å². The fourth-order valence-corrected chi connectivity index (χ4v) is 2.10. The van der Waals surface area contributed by atoms with Crippen molar-refractivity contribution in [1.29, 1.82) is 0 Å². The second-order valence-electron chi connectivity index (χ2n) is 4.24. The Labute approximate surface area is 114 Å². The monoisotopic (exact) mass is 276 g/mol. The zero-order chi connectivity index (χ0) is 14.9. The maximum atomic E-state index is 12.2. The molecule has 104 valence electrons. The van der Waals surface area contributed by atoms with Crippen LogP contribution in [0.2, 0.25) is 0 Å². The van der Waals surface area contributed by atoms with Crippen molar-refractivity contribution in [1.82, 2.24) is 4.90 Å². The van der Waals surface area contributed by atoms with Gasteiger partial charge in [-0.15, -0.1) is 0 Å². The number of carbonyl (C=O) groups is 4. The summed E-state index contributed by atoms with van der Waals surface area (Å²) in [5, 5.41) is 0. The van der Waals surface area contributed by atoms with Gasteiger partial charge in [-0.3, -0.25) is 19.3 Å². The van der Waals surface area contributed by atoms with Crippen molar-refractivity contribution in [3.05, 3.63) is 35.4 Å². The number of nitrogens with zero attached hydrogens (tertiary/aromatic N) is 1. The van der Waals surface area contributed by atoms with Crippen LogP contribution in [0.25, 0.3) is 0 Å². The quantitative estimate of drug-likeness (QED) is 0.600. The van der Waals surface area contributed by atoms with Crippen molar-refractivity contribution < 1.29 is 23.9 Å². The maximum absolute atomic E-state index is 12.2. The molecule has 0 radical (unpaired) electrons. The van der Waals surface area contributed by atoms with Crippen LogP contribution in [-0.2, 0) is 14.3 Å². The lowest BCUT2D eigenvalue weighted by Crippen LogP contribution is -2.47. The molecule has 0 aromatic heterocycles. The molecule has 0 saturated heterocycles. The first-order valence-electron chi connectivity index (χ1n) is 5.80. The third kappa shape index (κ3) is 2.13. The molecule has 2 rings (SSSR count). The second-order valence-corrected chi connectivity index (χ2v) is 4.24. The van der Waals surface area contributed by atoms with Crippen LogP contribution < -0.4 is 5.73 Å². The standard InChI is InChI=1S/C13H12N2O5/c1-20-13(19)9(6-10(14)16)15-11(17)7-4-2-3-5-8(7)12(15)18/h2-5,9H,6H2,1H3,(H2,14,16)/t9-/m0/s1. The largest absolute Gasteiger partial charge is 0.467 e. The molecule has 20 heavy (non-hydrogen) atoms. The van der Waals surface area contributed by atoms with E-state index in [4.69, 9.17) is 5.73 Å². The molecule has 2 N–H and O–H groups in total. The molecule has 0 bridgehead atoms. The minimum atomic E-state index is -1.34.